The van der Waals surface area contributed by atoms with E-state index in [1.807, 2.05) is 13.8 Å². The maximum Gasteiger partial charge on any atom is 0.343 e. The number of hydrogen-bond donors (Lipinski definition) is 0. The molecule has 1 aromatic carbocycles. The molecule has 0 saturated carbocycles. The highest BCUT2D eigenvalue weighted by Gasteiger charge is 2.20. The topological polar surface area (TPSA) is 48.4 Å². The van der Waals surface area contributed by atoms with Gasteiger partial charge >= 0.3 is 5.97 Å². The van der Waals surface area contributed by atoms with Crippen LogP contribution in [0.1, 0.15) is 29.8 Å². The zero-order valence-corrected chi connectivity index (χ0v) is 13.6. The van der Waals surface area contributed by atoms with Crippen LogP contribution >= 0.6 is 11.6 Å². The predicted octanol–water partition coefficient (Wildman–Crippen LogP) is 4.79. The first-order valence-corrected chi connectivity index (χ1v) is 7.08. The van der Waals surface area contributed by atoms with Gasteiger partial charge < -0.3 is 9.47 Å². The number of hydrogen-bond acceptors (Lipinski definition) is 4. The van der Waals surface area contributed by atoms with Crippen LogP contribution in [-0.2, 0) is 4.74 Å². The summed E-state index contributed by atoms with van der Waals surface area (Å²) in [5.41, 5.74) is 0.739. The van der Waals surface area contributed by atoms with Gasteiger partial charge in [0.25, 0.3) is 0 Å². The number of benzene rings is 1. The van der Waals surface area contributed by atoms with Crippen molar-refractivity contribution in [3.8, 4) is 11.6 Å². The molecule has 1 aromatic heterocycles. The smallest absolute Gasteiger partial charge is 0.343 e. The average Bonchev–Trinajstić information content (AvgIpc) is 2.52. The van der Waals surface area contributed by atoms with E-state index in [0.29, 0.717) is 5.56 Å². The number of carbonyl (C=O) groups is 1. The van der Waals surface area contributed by atoms with E-state index in [0.717, 1.165) is 0 Å². The molecule has 0 N–H and O–H groups in total. The molecule has 4 nitrogen and oxygen atoms in total. The van der Waals surface area contributed by atoms with Crippen molar-refractivity contribution < 1.29 is 18.7 Å². The summed E-state index contributed by atoms with van der Waals surface area (Å²) in [7, 11) is 1.24. The molecule has 0 amide bonds. The molecule has 0 saturated heterocycles. The van der Waals surface area contributed by atoms with Crippen LogP contribution in [0.4, 0.5) is 4.39 Å². The quantitative estimate of drug-likeness (QED) is 0.761. The van der Waals surface area contributed by atoms with Gasteiger partial charge in [-0.3, -0.25) is 0 Å². The molecule has 1 heterocycles. The zero-order valence-electron chi connectivity index (χ0n) is 12.8. The van der Waals surface area contributed by atoms with Gasteiger partial charge in [-0.1, -0.05) is 31.5 Å². The fourth-order valence-electron chi connectivity index (χ4n) is 1.64. The van der Waals surface area contributed by atoms with Gasteiger partial charge in [0, 0.05) is 6.20 Å². The van der Waals surface area contributed by atoms with Crippen LogP contribution in [0.25, 0.3) is 0 Å². The molecule has 0 fully saturated rings. The van der Waals surface area contributed by atoms with E-state index in [2.05, 4.69) is 9.72 Å². The fourth-order valence-corrected chi connectivity index (χ4v) is 1.84. The Balaban J connectivity index is 0.00000116. The Morgan fingerprint density at radius 3 is 2.55 bits per heavy atom. The molecular formula is C16H17ClFNO3. The molecule has 0 bridgehead atoms. The Morgan fingerprint density at radius 2 is 1.95 bits per heavy atom. The standard InChI is InChI=1S/C14H11ClFNO3.C2H6/c1-8-6-7-17-13(11(8)14(18)19-2)20-12-9(15)4-3-5-10(12)16;1-2/h3-7H,1-2H3;1-2H3. The first kappa shape index (κ1) is 17.9. The Morgan fingerprint density at radius 1 is 1.27 bits per heavy atom. The van der Waals surface area contributed by atoms with Crippen molar-refractivity contribution >= 4 is 17.6 Å². The van der Waals surface area contributed by atoms with Crippen molar-refractivity contribution in [2.75, 3.05) is 7.11 Å². The number of aryl methyl sites for hydroxylation is 1. The third-order valence-corrected chi connectivity index (χ3v) is 2.93. The van der Waals surface area contributed by atoms with Crippen molar-refractivity contribution in [1.29, 1.82) is 0 Å². The normalized spacial score (nSPS) is 9.55. The molecular weight excluding hydrogens is 309 g/mol. The summed E-state index contributed by atoms with van der Waals surface area (Å²) in [5, 5.41) is 0.0871. The number of rotatable bonds is 3. The lowest BCUT2D eigenvalue weighted by molar-refractivity contribution is 0.0596. The molecule has 0 atom stereocenters. The summed E-state index contributed by atoms with van der Waals surface area (Å²) in [6.07, 6.45) is 1.45. The van der Waals surface area contributed by atoms with Crippen molar-refractivity contribution in [3.63, 3.8) is 0 Å². The highest BCUT2D eigenvalue weighted by Crippen LogP contribution is 2.33. The minimum Gasteiger partial charge on any atom is -0.465 e. The Bertz CT molecular complexity index is 642. The molecule has 0 aliphatic heterocycles. The number of halogens is 2. The number of aromatic nitrogens is 1. The van der Waals surface area contributed by atoms with Gasteiger partial charge in [0.05, 0.1) is 12.1 Å². The van der Waals surface area contributed by atoms with Crippen LogP contribution in [-0.4, -0.2) is 18.1 Å². The van der Waals surface area contributed by atoms with Crippen LogP contribution in [0.5, 0.6) is 11.6 Å². The van der Waals surface area contributed by atoms with E-state index in [4.69, 9.17) is 16.3 Å². The third kappa shape index (κ3) is 3.95. The summed E-state index contributed by atoms with van der Waals surface area (Å²) in [5.74, 6) is -1.49. The summed E-state index contributed by atoms with van der Waals surface area (Å²) in [4.78, 5) is 15.7. The largest absolute Gasteiger partial charge is 0.465 e. The Kier molecular flexibility index (Phi) is 6.79. The minimum atomic E-state index is -0.642. The van der Waals surface area contributed by atoms with Crippen molar-refractivity contribution in [2.24, 2.45) is 0 Å². The lowest BCUT2D eigenvalue weighted by atomic mass is 10.1. The van der Waals surface area contributed by atoms with Crippen LogP contribution in [0.2, 0.25) is 5.02 Å². The zero-order chi connectivity index (χ0) is 16.7. The highest BCUT2D eigenvalue weighted by molar-refractivity contribution is 6.32. The molecule has 22 heavy (non-hydrogen) atoms. The van der Waals surface area contributed by atoms with Crippen LogP contribution in [0, 0.1) is 12.7 Å². The summed E-state index contributed by atoms with van der Waals surface area (Å²) >= 11 is 5.88. The molecule has 2 rings (SSSR count). The summed E-state index contributed by atoms with van der Waals surface area (Å²) in [6, 6.07) is 5.76. The molecule has 6 heteroatoms. The van der Waals surface area contributed by atoms with Gasteiger partial charge in [-0.2, -0.15) is 0 Å². The maximum atomic E-state index is 13.7. The first-order valence-electron chi connectivity index (χ1n) is 6.70. The van der Waals surface area contributed by atoms with E-state index in [9.17, 15) is 9.18 Å². The predicted molar refractivity (Wildman–Crippen MR) is 83.1 cm³/mol. The number of pyridine rings is 1. The van der Waals surface area contributed by atoms with Gasteiger partial charge in [-0.15, -0.1) is 0 Å². The lowest BCUT2D eigenvalue weighted by Gasteiger charge is -2.12. The second-order valence-corrected chi connectivity index (χ2v) is 4.36. The molecule has 0 aliphatic carbocycles. The maximum absolute atomic E-state index is 13.7. The second kappa shape index (κ2) is 8.34. The summed E-state index contributed by atoms with van der Waals surface area (Å²) < 4.78 is 23.7. The third-order valence-electron chi connectivity index (χ3n) is 2.63. The Hall–Kier alpha value is -2.14. The number of carbonyl (C=O) groups excluding carboxylic acids is 1. The molecule has 2 aromatic rings. The Labute approximate surface area is 133 Å². The monoisotopic (exact) mass is 325 g/mol. The van der Waals surface area contributed by atoms with E-state index in [1.54, 1.807) is 13.0 Å². The first-order chi connectivity index (χ1) is 10.5. The van der Waals surface area contributed by atoms with E-state index in [-0.39, 0.29) is 22.2 Å². The molecule has 118 valence electrons. The lowest BCUT2D eigenvalue weighted by Crippen LogP contribution is -2.08. The number of nitrogens with zero attached hydrogens (tertiary/aromatic N) is 1. The van der Waals surface area contributed by atoms with Gasteiger partial charge in [0.15, 0.2) is 11.6 Å². The number of methoxy groups -OCH3 is 1. The number of esters is 1. The SMILES string of the molecule is CC.COC(=O)c1c(C)ccnc1Oc1c(F)cccc1Cl. The molecule has 0 radical (unpaired) electrons. The van der Waals surface area contributed by atoms with Gasteiger partial charge in [-0.25, -0.2) is 14.2 Å². The number of ether oxygens (including phenoxy) is 2. The minimum absolute atomic E-state index is 0.0520. The second-order valence-electron chi connectivity index (χ2n) is 3.95. The van der Waals surface area contributed by atoms with Crippen molar-refractivity contribution in [3.05, 3.63) is 52.4 Å². The van der Waals surface area contributed by atoms with E-state index >= 15 is 0 Å². The van der Waals surface area contributed by atoms with Crippen LogP contribution < -0.4 is 4.74 Å². The molecule has 0 spiro atoms. The fraction of sp³-hybridized carbons (Fsp3) is 0.250. The van der Waals surface area contributed by atoms with E-state index < -0.39 is 11.8 Å². The van der Waals surface area contributed by atoms with Crippen LogP contribution in [0.15, 0.2) is 30.5 Å². The van der Waals surface area contributed by atoms with Gasteiger partial charge in [0.1, 0.15) is 5.56 Å². The molecule has 0 unspecified atom stereocenters. The van der Waals surface area contributed by atoms with Crippen molar-refractivity contribution in [1.82, 2.24) is 4.98 Å². The van der Waals surface area contributed by atoms with Gasteiger partial charge in [-0.05, 0) is 30.7 Å². The van der Waals surface area contributed by atoms with Crippen LogP contribution in [0.3, 0.4) is 0 Å². The van der Waals surface area contributed by atoms with Crippen molar-refractivity contribution in [2.45, 2.75) is 20.8 Å². The molecule has 0 aliphatic rings. The summed E-state index contributed by atoms with van der Waals surface area (Å²) in [6.45, 7) is 5.70. The average molecular weight is 326 g/mol. The van der Waals surface area contributed by atoms with Gasteiger partial charge in [0.2, 0.25) is 5.88 Å². The highest BCUT2D eigenvalue weighted by atomic mass is 35.5. The number of para-hydroxylation sites is 1. The van der Waals surface area contributed by atoms with E-state index in [1.165, 1.54) is 31.5 Å².